The summed E-state index contributed by atoms with van der Waals surface area (Å²) in [6.45, 7) is 2.19. The molecule has 116 valence electrons. The Kier molecular flexibility index (Phi) is 4.92. The van der Waals surface area contributed by atoms with E-state index >= 15 is 0 Å². The highest BCUT2D eigenvalue weighted by molar-refractivity contribution is 7.99. The molecule has 1 N–H and O–H groups in total. The molecule has 2 aliphatic rings. The van der Waals surface area contributed by atoms with Crippen LogP contribution in [0.4, 0.5) is 0 Å². The van der Waals surface area contributed by atoms with Gasteiger partial charge in [0.2, 0.25) is 0 Å². The molecule has 1 saturated heterocycles. The molecule has 3 heteroatoms. The van der Waals surface area contributed by atoms with Crippen LogP contribution < -0.4 is 5.32 Å². The summed E-state index contributed by atoms with van der Waals surface area (Å²) in [7, 11) is 2.00. The molecule has 1 heterocycles. The van der Waals surface area contributed by atoms with Gasteiger partial charge in [0.1, 0.15) is 0 Å². The maximum atomic E-state index is 6.38. The second-order valence-corrected chi connectivity index (χ2v) is 7.65. The van der Waals surface area contributed by atoms with E-state index in [9.17, 15) is 0 Å². The lowest BCUT2D eigenvalue weighted by atomic mass is 9.98. The van der Waals surface area contributed by atoms with E-state index < -0.39 is 0 Å². The monoisotopic (exact) mass is 305 g/mol. The van der Waals surface area contributed by atoms with Crippen LogP contribution in [0.25, 0.3) is 0 Å². The minimum atomic E-state index is 0.275. The zero-order chi connectivity index (χ0) is 14.7. The van der Waals surface area contributed by atoms with Gasteiger partial charge >= 0.3 is 0 Å². The lowest BCUT2D eigenvalue weighted by Gasteiger charge is -2.23. The molecule has 1 aliphatic carbocycles. The molecule has 3 rings (SSSR count). The first-order valence-electron chi connectivity index (χ1n) is 8.29. The third kappa shape index (κ3) is 3.64. The first-order chi connectivity index (χ1) is 10.2. The molecule has 0 aromatic heterocycles. The zero-order valence-corrected chi connectivity index (χ0v) is 14.0. The van der Waals surface area contributed by atoms with E-state index in [1.54, 1.807) is 0 Å². The molecule has 1 aliphatic heterocycles. The van der Waals surface area contributed by atoms with E-state index in [4.69, 9.17) is 4.74 Å². The van der Waals surface area contributed by atoms with Crippen molar-refractivity contribution >= 4 is 11.8 Å². The van der Waals surface area contributed by atoms with Crippen molar-refractivity contribution in [2.45, 2.75) is 68.1 Å². The number of hydrogen-bond acceptors (Lipinski definition) is 3. The van der Waals surface area contributed by atoms with E-state index in [1.807, 2.05) is 18.8 Å². The molecule has 2 fully saturated rings. The standard InChI is InChI=1S/C18H27NOS/c1-14(19-2)15-5-7-17(8-6-15)21-13-16-9-12-18(20-16)10-3-4-11-18/h5-8,14,16,19H,3-4,9-13H2,1-2H3. The molecule has 2 atom stereocenters. The highest BCUT2D eigenvalue weighted by Gasteiger charge is 2.41. The Morgan fingerprint density at radius 2 is 1.95 bits per heavy atom. The predicted molar refractivity (Wildman–Crippen MR) is 89.9 cm³/mol. The quantitative estimate of drug-likeness (QED) is 0.806. The lowest BCUT2D eigenvalue weighted by molar-refractivity contribution is -0.0267. The van der Waals surface area contributed by atoms with Crippen LogP contribution in [-0.2, 0) is 4.74 Å². The number of thioether (sulfide) groups is 1. The van der Waals surface area contributed by atoms with E-state index in [0.29, 0.717) is 12.1 Å². The van der Waals surface area contributed by atoms with Crippen molar-refractivity contribution in [2.75, 3.05) is 12.8 Å². The minimum absolute atomic E-state index is 0.275. The van der Waals surface area contributed by atoms with Gasteiger partial charge in [0, 0.05) is 16.7 Å². The van der Waals surface area contributed by atoms with Crippen molar-refractivity contribution in [3.05, 3.63) is 29.8 Å². The molecule has 2 nitrogen and oxygen atoms in total. The molecule has 1 aromatic carbocycles. The molecule has 0 radical (unpaired) electrons. The normalized spacial score (nSPS) is 25.5. The predicted octanol–water partition coefficient (Wildman–Crippen LogP) is 4.55. The van der Waals surface area contributed by atoms with Crippen LogP contribution in [0.2, 0.25) is 0 Å². The summed E-state index contributed by atoms with van der Waals surface area (Å²) in [6.07, 6.45) is 8.33. The third-order valence-electron chi connectivity index (χ3n) is 5.10. The lowest BCUT2D eigenvalue weighted by Crippen LogP contribution is -2.25. The summed E-state index contributed by atoms with van der Waals surface area (Å²) in [4.78, 5) is 1.36. The van der Waals surface area contributed by atoms with E-state index in [-0.39, 0.29) is 5.60 Å². The summed E-state index contributed by atoms with van der Waals surface area (Å²) in [6, 6.07) is 9.38. The highest BCUT2D eigenvalue weighted by Crippen LogP contribution is 2.44. The Morgan fingerprint density at radius 1 is 1.24 bits per heavy atom. The van der Waals surface area contributed by atoms with Gasteiger partial charge in [-0.25, -0.2) is 0 Å². The number of rotatable bonds is 5. The van der Waals surface area contributed by atoms with Crippen LogP contribution in [0.5, 0.6) is 0 Å². The van der Waals surface area contributed by atoms with Gasteiger partial charge in [0.25, 0.3) is 0 Å². The highest BCUT2D eigenvalue weighted by atomic mass is 32.2. The largest absolute Gasteiger partial charge is 0.371 e. The molecule has 0 amide bonds. The van der Waals surface area contributed by atoms with Gasteiger partial charge in [-0.15, -0.1) is 11.8 Å². The SMILES string of the molecule is CNC(C)c1ccc(SCC2CCC3(CCCC3)O2)cc1. The molecule has 2 unspecified atom stereocenters. The number of nitrogens with one attached hydrogen (secondary N) is 1. The zero-order valence-electron chi connectivity index (χ0n) is 13.2. The number of benzene rings is 1. The Hall–Kier alpha value is -0.510. The second kappa shape index (κ2) is 6.72. The summed E-state index contributed by atoms with van der Waals surface area (Å²) in [5.41, 5.74) is 1.63. The van der Waals surface area contributed by atoms with E-state index in [1.165, 1.54) is 49.0 Å². The first-order valence-corrected chi connectivity index (χ1v) is 9.27. The van der Waals surface area contributed by atoms with Crippen molar-refractivity contribution in [3.8, 4) is 0 Å². The Balaban J connectivity index is 1.49. The summed E-state index contributed by atoms with van der Waals surface area (Å²) in [5.74, 6) is 1.10. The third-order valence-corrected chi connectivity index (χ3v) is 6.25. The van der Waals surface area contributed by atoms with Crippen molar-refractivity contribution in [1.82, 2.24) is 5.32 Å². The Labute approximate surface area is 133 Å². The summed E-state index contributed by atoms with van der Waals surface area (Å²) in [5, 5.41) is 3.28. The fourth-order valence-electron chi connectivity index (χ4n) is 3.61. The average molecular weight is 305 g/mol. The van der Waals surface area contributed by atoms with Crippen molar-refractivity contribution in [1.29, 1.82) is 0 Å². The fourth-order valence-corrected chi connectivity index (χ4v) is 4.55. The van der Waals surface area contributed by atoms with Gasteiger partial charge in [0.15, 0.2) is 0 Å². The van der Waals surface area contributed by atoms with Crippen LogP contribution in [-0.4, -0.2) is 24.5 Å². The van der Waals surface area contributed by atoms with Gasteiger partial charge in [-0.1, -0.05) is 25.0 Å². The van der Waals surface area contributed by atoms with Gasteiger partial charge in [-0.3, -0.25) is 0 Å². The minimum Gasteiger partial charge on any atom is -0.371 e. The van der Waals surface area contributed by atoms with Gasteiger partial charge < -0.3 is 10.1 Å². The molecule has 1 spiro atoms. The van der Waals surface area contributed by atoms with Crippen LogP contribution >= 0.6 is 11.8 Å². The molecule has 1 aromatic rings. The Bertz CT molecular complexity index is 453. The fraction of sp³-hybridized carbons (Fsp3) is 0.667. The summed E-state index contributed by atoms with van der Waals surface area (Å²) >= 11 is 1.94. The van der Waals surface area contributed by atoms with Crippen LogP contribution in [0.3, 0.4) is 0 Å². The van der Waals surface area contributed by atoms with Crippen molar-refractivity contribution in [2.24, 2.45) is 0 Å². The van der Waals surface area contributed by atoms with Crippen LogP contribution in [0, 0.1) is 0 Å². The van der Waals surface area contributed by atoms with Gasteiger partial charge in [0.05, 0.1) is 11.7 Å². The molecule has 0 bridgehead atoms. The first kappa shape index (κ1) is 15.4. The smallest absolute Gasteiger partial charge is 0.0687 e. The van der Waals surface area contributed by atoms with Crippen molar-refractivity contribution < 1.29 is 4.74 Å². The van der Waals surface area contributed by atoms with Crippen molar-refractivity contribution in [3.63, 3.8) is 0 Å². The van der Waals surface area contributed by atoms with Gasteiger partial charge in [-0.2, -0.15) is 0 Å². The molecule has 21 heavy (non-hydrogen) atoms. The van der Waals surface area contributed by atoms with Crippen LogP contribution in [0.15, 0.2) is 29.2 Å². The van der Waals surface area contributed by atoms with Gasteiger partial charge in [-0.05, 0) is 57.4 Å². The molecular formula is C18H27NOS. The average Bonchev–Trinajstić information content (AvgIpc) is 3.15. The molecular weight excluding hydrogens is 278 g/mol. The Morgan fingerprint density at radius 3 is 2.62 bits per heavy atom. The van der Waals surface area contributed by atoms with Crippen LogP contribution in [0.1, 0.15) is 57.1 Å². The topological polar surface area (TPSA) is 21.3 Å². The second-order valence-electron chi connectivity index (χ2n) is 6.56. The van der Waals surface area contributed by atoms with E-state index in [2.05, 4.69) is 36.5 Å². The number of ether oxygens (including phenoxy) is 1. The maximum absolute atomic E-state index is 6.38. The molecule has 1 saturated carbocycles. The maximum Gasteiger partial charge on any atom is 0.0687 e. The number of hydrogen-bond donors (Lipinski definition) is 1. The summed E-state index contributed by atoms with van der Waals surface area (Å²) < 4.78 is 6.38. The van der Waals surface area contributed by atoms with E-state index in [0.717, 1.165) is 5.75 Å².